The maximum Gasteiger partial charge on any atom is 0.250 e. The van der Waals surface area contributed by atoms with Crippen LogP contribution in [0.25, 0.3) is 6.08 Å². The van der Waals surface area contributed by atoms with Gasteiger partial charge in [0.1, 0.15) is 11.5 Å². The van der Waals surface area contributed by atoms with Gasteiger partial charge in [0.2, 0.25) is 21.6 Å². The number of nitrogens with one attached hydrogen (secondary N) is 1. The summed E-state index contributed by atoms with van der Waals surface area (Å²) in [6.07, 6.45) is 4.91. The van der Waals surface area contributed by atoms with Crippen LogP contribution in [-0.2, 0) is 21.1 Å². The number of ether oxygens (including phenoxy) is 1. The number of amides is 1. The van der Waals surface area contributed by atoms with Gasteiger partial charge in [-0.05, 0) is 72.9 Å². The van der Waals surface area contributed by atoms with E-state index in [0.717, 1.165) is 26.7 Å². The Bertz CT molecular complexity index is 1370. The van der Waals surface area contributed by atoms with Crippen LogP contribution in [0.1, 0.15) is 22.3 Å². The maximum absolute atomic E-state index is 12.7. The molecule has 0 spiro atoms. The van der Waals surface area contributed by atoms with Crippen molar-refractivity contribution in [1.29, 1.82) is 5.26 Å². The van der Waals surface area contributed by atoms with Crippen molar-refractivity contribution in [3.8, 4) is 17.7 Å². The maximum atomic E-state index is 12.7. The highest BCUT2D eigenvalue weighted by atomic mass is 79.9. The summed E-state index contributed by atoms with van der Waals surface area (Å²) < 4.78 is 32.2. The van der Waals surface area contributed by atoms with Crippen LogP contribution < -0.4 is 10.1 Å². The van der Waals surface area contributed by atoms with Gasteiger partial charge in [0, 0.05) is 29.4 Å². The summed E-state index contributed by atoms with van der Waals surface area (Å²) in [5.41, 5.74) is 3.43. The molecule has 0 fully saturated rings. The number of carbonyl (C=O) groups is 1. The molecule has 0 aliphatic carbocycles. The van der Waals surface area contributed by atoms with Crippen LogP contribution in [0.15, 0.2) is 64.4 Å². The Morgan fingerprint density at radius 2 is 1.86 bits per heavy atom. The molecule has 10 heteroatoms. The van der Waals surface area contributed by atoms with Crippen LogP contribution in [-0.4, -0.2) is 36.6 Å². The van der Waals surface area contributed by atoms with Crippen molar-refractivity contribution in [3.05, 3.63) is 81.5 Å². The molecule has 0 saturated carbocycles. The van der Waals surface area contributed by atoms with Crippen LogP contribution in [0.3, 0.4) is 0 Å². The Labute approximate surface area is 212 Å². The third-order valence-electron chi connectivity index (χ3n) is 4.90. The fraction of sp³-hybridized carbons (Fsp3) is 0.200. The third kappa shape index (κ3) is 7.47. The van der Waals surface area contributed by atoms with Crippen LogP contribution in [0, 0.1) is 25.2 Å². The van der Waals surface area contributed by atoms with E-state index in [-0.39, 0.29) is 5.88 Å². The average Bonchev–Trinajstić information content (AvgIpc) is 2.81. The third-order valence-corrected chi connectivity index (χ3v) is 6.82. The SMILES string of the molecule is Cc1cc(/C=C/C#N)cc(C)c1Oc1ccnc(S(=O)(=O)CC(=O)NCCc2ccc(Br)cc2)n1. The highest BCUT2D eigenvalue weighted by Gasteiger charge is 2.23. The lowest BCUT2D eigenvalue weighted by molar-refractivity contribution is -0.118. The van der Waals surface area contributed by atoms with E-state index in [1.54, 1.807) is 6.08 Å². The molecule has 3 aromatic rings. The predicted molar refractivity (Wildman–Crippen MR) is 136 cm³/mol. The Balaban J connectivity index is 1.66. The van der Waals surface area contributed by atoms with Gasteiger partial charge in [0.15, 0.2) is 0 Å². The lowest BCUT2D eigenvalue weighted by atomic mass is 10.1. The van der Waals surface area contributed by atoms with Gasteiger partial charge in [0.05, 0.1) is 6.07 Å². The van der Waals surface area contributed by atoms with E-state index in [1.807, 2.05) is 56.3 Å². The molecule has 2 aromatic carbocycles. The molecule has 0 aliphatic heterocycles. The number of carbonyl (C=O) groups excluding carboxylic acids is 1. The molecule has 0 saturated heterocycles. The van der Waals surface area contributed by atoms with Crippen molar-refractivity contribution in [2.75, 3.05) is 12.3 Å². The van der Waals surface area contributed by atoms with Gasteiger partial charge in [-0.3, -0.25) is 4.79 Å². The van der Waals surface area contributed by atoms with E-state index in [9.17, 15) is 13.2 Å². The summed E-state index contributed by atoms with van der Waals surface area (Å²) in [5, 5.41) is 10.8. The van der Waals surface area contributed by atoms with E-state index in [0.29, 0.717) is 18.7 Å². The summed E-state index contributed by atoms with van der Waals surface area (Å²) in [5.74, 6) is -0.841. The number of aryl methyl sites for hydroxylation is 2. The van der Waals surface area contributed by atoms with E-state index in [1.165, 1.54) is 18.3 Å². The number of nitrogens with zero attached hydrogens (tertiary/aromatic N) is 3. The molecule has 0 bridgehead atoms. The highest BCUT2D eigenvalue weighted by molar-refractivity contribution is 9.10. The number of benzene rings is 2. The van der Waals surface area contributed by atoms with E-state index >= 15 is 0 Å². The van der Waals surface area contributed by atoms with E-state index in [4.69, 9.17) is 10.00 Å². The largest absolute Gasteiger partial charge is 0.438 e. The van der Waals surface area contributed by atoms with Crippen molar-refractivity contribution in [2.45, 2.75) is 25.4 Å². The summed E-state index contributed by atoms with van der Waals surface area (Å²) >= 11 is 3.36. The number of allylic oxidation sites excluding steroid dienone is 1. The van der Waals surface area contributed by atoms with Crippen molar-refractivity contribution >= 4 is 37.8 Å². The topological polar surface area (TPSA) is 122 Å². The fourth-order valence-corrected chi connectivity index (χ4v) is 4.59. The number of sulfone groups is 1. The van der Waals surface area contributed by atoms with Gasteiger partial charge in [-0.1, -0.05) is 28.1 Å². The van der Waals surface area contributed by atoms with Gasteiger partial charge in [-0.15, -0.1) is 0 Å². The Kier molecular flexibility index (Phi) is 8.73. The normalized spacial score (nSPS) is 11.3. The van der Waals surface area contributed by atoms with Gasteiger partial charge >= 0.3 is 0 Å². The number of rotatable bonds is 9. The van der Waals surface area contributed by atoms with Gasteiger partial charge in [-0.25, -0.2) is 13.4 Å². The number of aromatic nitrogens is 2. The molecule has 35 heavy (non-hydrogen) atoms. The van der Waals surface area contributed by atoms with Crippen molar-refractivity contribution in [2.24, 2.45) is 0 Å². The van der Waals surface area contributed by atoms with Crippen molar-refractivity contribution in [3.63, 3.8) is 0 Å². The predicted octanol–water partition coefficient (Wildman–Crippen LogP) is 4.32. The van der Waals surface area contributed by atoms with Crippen LogP contribution in [0.2, 0.25) is 0 Å². The summed E-state index contributed by atoms with van der Waals surface area (Å²) in [7, 11) is -4.07. The Hall–Kier alpha value is -3.55. The first kappa shape index (κ1) is 26.1. The second-order valence-electron chi connectivity index (χ2n) is 7.71. The molecule has 1 amide bonds. The van der Waals surface area contributed by atoms with Crippen molar-refractivity contribution < 1.29 is 17.9 Å². The standard InChI is InChI=1S/C25H23BrN4O4S/c1-17-14-20(4-3-11-27)15-18(2)24(17)34-23-10-13-29-25(30-23)35(32,33)16-22(31)28-12-9-19-5-7-21(26)8-6-19/h3-8,10,13-15H,9,12,16H2,1-2H3,(H,28,31)/b4-3+. The summed E-state index contributed by atoms with van der Waals surface area (Å²) in [6.45, 7) is 3.98. The quantitative estimate of drug-likeness (QED) is 0.308. The molecule has 8 nitrogen and oxygen atoms in total. The molecular weight excluding hydrogens is 532 g/mol. The van der Waals surface area contributed by atoms with Crippen LogP contribution in [0.5, 0.6) is 11.6 Å². The molecule has 0 unspecified atom stereocenters. The first-order chi connectivity index (χ1) is 16.7. The average molecular weight is 555 g/mol. The summed E-state index contributed by atoms with van der Waals surface area (Å²) in [6, 6.07) is 14.7. The molecule has 0 radical (unpaired) electrons. The molecule has 180 valence electrons. The first-order valence-electron chi connectivity index (χ1n) is 10.6. The smallest absolute Gasteiger partial charge is 0.250 e. The minimum atomic E-state index is -4.07. The molecule has 1 heterocycles. The van der Waals surface area contributed by atoms with Crippen LogP contribution >= 0.6 is 15.9 Å². The first-order valence-corrected chi connectivity index (χ1v) is 13.0. The number of hydrogen-bond acceptors (Lipinski definition) is 7. The summed E-state index contributed by atoms with van der Waals surface area (Å²) in [4.78, 5) is 20.1. The highest BCUT2D eigenvalue weighted by Crippen LogP contribution is 2.29. The number of halogens is 1. The van der Waals surface area contributed by atoms with Crippen molar-refractivity contribution in [1.82, 2.24) is 15.3 Å². The minimum absolute atomic E-state index is 0.0424. The molecule has 0 aliphatic rings. The zero-order chi connectivity index (χ0) is 25.4. The van der Waals surface area contributed by atoms with Gasteiger partial charge in [-0.2, -0.15) is 10.2 Å². The molecule has 1 N–H and O–H groups in total. The second-order valence-corrected chi connectivity index (χ2v) is 10.5. The van der Waals surface area contributed by atoms with Gasteiger partial charge < -0.3 is 10.1 Å². The zero-order valence-corrected chi connectivity index (χ0v) is 21.6. The van der Waals surface area contributed by atoms with Crippen LogP contribution in [0.4, 0.5) is 0 Å². The number of nitriles is 1. The minimum Gasteiger partial charge on any atom is -0.438 e. The monoisotopic (exact) mass is 554 g/mol. The lowest BCUT2D eigenvalue weighted by Gasteiger charge is -2.12. The van der Waals surface area contributed by atoms with E-state index < -0.39 is 26.7 Å². The number of hydrogen-bond donors (Lipinski definition) is 1. The molecule has 3 rings (SSSR count). The molecular formula is C25H23BrN4O4S. The van der Waals surface area contributed by atoms with Gasteiger partial charge in [0.25, 0.3) is 5.16 Å². The van der Waals surface area contributed by atoms with E-state index in [2.05, 4.69) is 31.2 Å². The zero-order valence-electron chi connectivity index (χ0n) is 19.2. The second kappa shape index (κ2) is 11.7. The Morgan fingerprint density at radius 1 is 1.17 bits per heavy atom. The Morgan fingerprint density at radius 3 is 2.51 bits per heavy atom. The molecule has 1 aromatic heterocycles. The fourth-order valence-electron chi connectivity index (χ4n) is 3.30. The lowest BCUT2D eigenvalue weighted by Crippen LogP contribution is -2.32. The molecule has 0 atom stereocenters.